The molecule has 2 aromatic heterocycles. The number of rotatable bonds is 6. The van der Waals surface area contributed by atoms with Gasteiger partial charge in [-0.2, -0.15) is 0 Å². The molecule has 0 spiro atoms. The third-order valence-corrected chi connectivity index (χ3v) is 5.72. The number of hydrogen-bond acceptors (Lipinski definition) is 5. The zero-order valence-corrected chi connectivity index (χ0v) is 18.5. The number of benzene rings is 2. The van der Waals surface area contributed by atoms with Crippen LogP contribution in [0.5, 0.6) is 17.2 Å². The van der Waals surface area contributed by atoms with Crippen molar-refractivity contribution in [1.29, 1.82) is 0 Å². The molecule has 0 amide bonds. The molecule has 0 bridgehead atoms. The molecule has 4 aromatic rings. The van der Waals surface area contributed by atoms with Crippen LogP contribution in [0.25, 0.3) is 21.7 Å². The summed E-state index contributed by atoms with van der Waals surface area (Å²) in [5.74, 6) is 2.00. The Morgan fingerprint density at radius 1 is 0.938 bits per heavy atom. The van der Waals surface area contributed by atoms with E-state index in [0.717, 1.165) is 50.8 Å². The van der Waals surface area contributed by atoms with E-state index in [-0.39, 0.29) is 13.0 Å². The molecule has 168 valence electrons. The minimum Gasteiger partial charge on any atom is -0.497 e. The first-order valence-corrected chi connectivity index (χ1v) is 10.2. The Balaban J connectivity index is 0.00000289. The topological polar surface area (TPSA) is 73.4 Å². The summed E-state index contributed by atoms with van der Waals surface area (Å²) in [6.45, 7) is 3.97. The first-order chi connectivity index (χ1) is 15.0. The number of hydrogen-bond donors (Lipinski definition) is 1. The fourth-order valence-electron chi connectivity index (χ4n) is 4.06. The van der Waals surface area contributed by atoms with Crippen LogP contribution < -0.4 is 19.8 Å². The number of ether oxygens (including phenoxy) is 3. The van der Waals surface area contributed by atoms with Gasteiger partial charge >= 0.3 is 0 Å². The Hall–Kier alpha value is -3.54. The van der Waals surface area contributed by atoms with Crippen molar-refractivity contribution >= 4 is 21.7 Å². The second-order valence-corrected chi connectivity index (χ2v) is 7.49. The van der Waals surface area contributed by atoms with Gasteiger partial charge in [-0.25, -0.2) is 0 Å². The van der Waals surface area contributed by atoms with Crippen molar-refractivity contribution in [2.24, 2.45) is 0 Å². The number of H-pyrrole nitrogens is 1. The minimum atomic E-state index is -0.106. The van der Waals surface area contributed by atoms with E-state index < -0.39 is 0 Å². The third kappa shape index (κ3) is 4.00. The highest BCUT2D eigenvalue weighted by molar-refractivity contribution is 5.91. The molecule has 6 heteroatoms. The number of pyridine rings is 2. The molecule has 0 radical (unpaired) electrons. The molecule has 0 fully saturated rings. The number of nitrogens with one attached hydrogen (secondary N) is 1. The second-order valence-electron chi connectivity index (χ2n) is 7.49. The predicted molar refractivity (Wildman–Crippen MR) is 130 cm³/mol. The number of aromatic nitrogens is 2. The van der Waals surface area contributed by atoms with E-state index in [1.165, 1.54) is 0 Å². The number of fused-ring (bicyclic) bond motifs is 2. The summed E-state index contributed by atoms with van der Waals surface area (Å²) in [4.78, 5) is 20.8. The Morgan fingerprint density at radius 3 is 2.25 bits per heavy atom. The van der Waals surface area contributed by atoms with E-state index in [1.807, 2.05) is 37.3 Å². The molecular formula is C26H30N2O4. The lowest BCUT2D eigenvalue weighted by molar-refractivity contribution is 0.356. The van der Waals surface area contributed by atoms with E-state index in [4.69, 9.17) is 19.2 Å². The van der Waals surface area contributed by atoms with Gasteiger partial charge in [0.05, 0.1) is 26.8 Å². The van der Waals surface area contributed by atoms with Crippen LogP contribution in [-0.2, 0) is 12.8 Å². The minimum absolute atomic E-state index is 0. The second kappa shape index (κ2) is 9.30. The fraction of sp³-hybridized carbons (Fsp3) is 0.308. The van der Waals surface area contributed by atoms with Crippen molar-refractivity contribution in [3.05, 3.63) is 69.3 Å². The maximum Gasteiger partial charge on any atom is 0.252 e. The molecule has 0 aliphatic heterocycles. The van der Waals surface area contributed by atoms with Crippen LogP contribution in [0.4, 0.5) is 0 Å². The van der Waals surface area contributed by atoms with E-state index in [9.17, 15) is 4.79 Å². The first kappa shape index (κ1) is 23.1. The predicted octanol–water partition coefficient (Wildman–Crippen LogP) is 5.20. The molecule has 0 saturated carbocycles. The van der Waals surface area contributed by atoms with Gasteiger partial charge < -0.3 is 19.2 Å². The van der Waals surface area contributed by atoms with Crippen molar-refractivity contribution in [2.75, 3.05) is 21.3 Å². The molecule has 0 aliphatic carbocycles. The van der Waals surface area contributed by atoms with Crippen molar-refractivity contribution in [1.82, 2.24) is 9.97 Å². The van der Waals surface area contributed by atoms with Gasteiger partial charge in [0.2, 0.25) is 0 Å². The van der Waals surface area contributed by atoms with Crippen LogP contribution in [0, 0.1) is 6.92 Å². The molecular weight excluding hydrogens is 404 g/mol. The summed E-state index contributed by atoms with van der Waals surface area (Å²) in [6.07, 6.45) is 1.24. The lowest BCUT2D eigenvalue weighted by atomic mass is 9.96. The Labute approximate surface area is 188 Å². The number of aromatic amines is 1. The molecule has 0 unspecified atom stereocenters. The highest BCUT2D eigenvalue weighted by Gasteiger charge is 2.16. The smallest absolute Gasteiger partial charge is 0.252 e. The third-order valence-electron chi connectivity index (χ3n) is 5.72. The van der Waals surface area contributed by atoms with Gasteiger partial charge in [0.1, 0.15) is 5.75 Å². The zero-order chi connectivity index (χ0) is 22.1. The van der Waals surface area contributed by atoms with Gasteiger partial charge in [0.15, 0.2) is 11.5 Å². The SMILES string of the molecule is C.CCc1nc2ccc(OC)cc2cc1Cc1c(=O)[nH]c(C)c2cc(OC)c(OC)cc12. The van der Waals surface area contributed by atoms with E-state index in [2.05, 4.69) is 18.0 Å². The Morgan fingerprint density at radius 2 is 1.62 bits per heavy atom. The summed E-state index contributed by atoms with van der Waals surface area (Å²) in [5, 5.41) is 2.77. The van der Waals surface area contributed by atoms with Crippen LogP contribution in [-0.4, -0.2) is 31.3 Å². The summed E-state index contributed by atoms with van der Waals surface area (Å²) >= 11 is 0. The molecule has 1 N–H and O–H groups in total. The zero-order valence-electron chi connectivity index (χ0n) is 18.5. The summed E-state index contributed by atoms with van der Waals surface area (Å²) in [7, 11) is 4.85. The van der Waals surface area contributed by atoms with Crippen molar-refractivity contribution in [2.45, 2.75) is 34.1 Å². The van der Waals surface area contributed by atoms with Crippen LogP contribution in [0.2, 0.25) is 0 Å². The summed E-state index contributed by atoms with van der Waals surface area (Å²) < 4.78 is 16.3. The molecule has 4 rings (SSSR count). The first-order valence-electron chi connectivity index (χ1n) is 10.2. The summed E-state index contributed by atoms with van der Waals surface area (Å²) in [5.41, 5.74) is 4.28. The van der Waals surface area contributed by atoms with E-state index in [1.54, 1.807) is 21.3 Å². The lowest BCUT2D eigenvalue weighted by Gasteiger charge is -2.15. The maximum absolute atomic E-state index is 13.0. The molecule has 32 heavy (non-hydrogen) atoms. The number of aryl methyl sites for hydroxylation is 2. The van der Waals surface area contributed by atoms with Gasteiger partial charge in [-0.05, 0) is 60.7 Å². The van der Waals surface area contributed by atoms with E-state index >= 15 is 0 Å². The van der Waals surface area contributed by atoms with Crippen LogP contribution >= 0.6 is 0 Å². The number of methoxy groups -OCH3 is 3. The standard InChI is InChI=1S/C25H26N2O4.CH4/c1-6-21-16(9-15-10-17(29-3)7-8-22(15)27-21)11-20-19-13-24(31-5)23(30-4)12-18(19)14(2)26-25(20)28;/h7-10,12-13H,6,11H2,1-5H3,(H,26,28);1H4. The largest absolute Gasteiger partial charge is 0.497 e. The van der Waals surface area contributed by atoms with Crippen LogP contribution in [0.1, 0.15) is 36.9 Å². The van der Waals surface area contributed by atoms with Gasteiger partial charge in [-0.3, -0.25) is 9.78 Å². The molecule has 6 nitrogen and oxygen atoms in total. The molecule has 2 aromatic carbocycles. The summed E-state index contributed by atoms with van der Waals surface area (Å²) in [6, 6.07) is 11.7. The van der Waals surface area contributed by atoms with Gasteiger partial charge in [0, 0.05) is 34.1 Å². The quantitative estimate of drug-likeness (QED) is 0.452. The maximum atomic E-state index is 13.0. The average molecular weight is 435 g/mol. The highest BCUT2D eigenvalue weighted by Crippen LogP contribution is 2.34. The van der Waals surface area contributed by atoms with Crippen LogP contribution in [0.15, 0.2) is 41.2 Å². The normalized spacial score (nSPS) is 10.8. The van der Waals surface area contributed by atoms with Crippen LogP contribution in [0.3, 0.4) is 0 Å². The van der Waals surface area contributed by atoms with Crippen molar-refractivity contribution in [3.63, 3.8) is 0 Å². The van der Waals surface area contributed by atoms with Gasteiger partial charge in [0.25, 0.3) is 5.56 Å². The Kier molecular flexibility index (Phi) is 6.72. The van der Waals surface area contributed by atoms with Crippen molar-refractivity contribution < 1.29 is 14.2 Å². The van der Waals surface area contributed by atoms with Gasteiger partial charge in [-0.15, -0.1) is 0 Å². The monoisotopic (exact) mass is 434 g/mol. The van der Waals surface area contributed by atoms with Gasteiger partial charge in [-0.1, -0.05) is 14.4 Å². The molecule has 2 heterocycles. The van der Waals surface area contributed by atoms with E-state index in [0.29, 0.717) is 23.5 Å². The van der Waals surface area contributed by atoms with Crippen molar-refractivity contribution in [3.8, 4) is 17.2 Å². The lowest BCUT2D eigenvalue weighted by Crippen LogP contribution is -2.16. The molecule has 0 aliphatic rings. The number of nitrogens with zero attached hydrogens (tertiary/aromatic N) is 1. The fourth-order valence-corrected chi connectivity index (χ4v) is 4.06. The highest BCUT2D eigenvalue weighted by atomic mass is 16.5. The molecule has 0 atom stereocenters. The Bertz CT molecular complexity index is 1340. The average Bonchev–Trinajstić information content (AvgIpc) is 2.79. The molecule has 0 saturated heterocycles.